The van der Waals surface area contributed by atoms with Crippen molar-refractivity contribution in [3.63, 3.8) is 0 Å². The third-order valence-electron chi connectivity index (χ3n) is 6.42. The normalized spacial score (nSPS) is 15.9. The van der Waals surface area contributed by atoms with Crippen LogP contribution in [0, 0.1) is 16.0 Å². The van der Waals surface area contributed by atoms with E-state index in [9.17, 15) is 23.6 Å². The summed E-state index contributed by atoms with van der Waals surface area (Å²) in [5, 5.41) is 21.3. The van der Waals surface area contributed by atoms with Crippen molar-refractivity contribution in [3.05, 3.63) is 64.2 Å². The van der Waals surface area contributed by atoms with Gasteiger partial charge in [0.05, 0.1) is 15.5 Å². The number of nitrogens with zero attached hydrogens (tertiary/aromatic N) is 2. The molecule has 0 amide bonds. The summed E-state index contributed by atoms with van der Waals surface area (Å²) in [5.74, 6) is 0.658. The van der Waals surface area contributed by atoms with Gasteiger partial charge in [0.25, 0.3) is 15.7 Å². The SMILES string of the molecule is CB(O)N(Cc1ccccc1NS(=O)(=O)c1ccc([N+](=O)[O-])cc1)[C@@H](C)CC1CCCCC1. The second-order valence-electron chi connectivity index (χ2n) is 8.91. The molecule has 0 spiro atoms. The quantitative estimate of drug-likeness (QED) is 0.295. The number of nitro groups is 1. The van der Waals surface area contributed by atoms with Gasteiger partial charge in [-0.05, 0) is 49.0 Å². The second kappa shape index (κ2) is 11.1. The number of hydrogen-bond acceptors (Lipinski definition) is 6. The van der Waals surface area contributed by atoms with Crippen LogP contribution in [-0.2, 0) is 16.6 Å². The molecule has 0 bridgehead atoms. The first-order valence-electron chi connectivity index (χ1n) is 11.5. The van der Waals surface area contributed by atoms with E-state index < -0.39 is 22.0 Å². The number of hydrogen-bond donors (Lipinski definition) is 2. The predicted octanol–water partition coefficient (Wildman–Crippen LogP) is 4.67. The third kappa shape index (κ3) is 6.78. The number of para-hydroxylation sites is 1. The molecule has 33 heavy (non-hydrogen) atoms. The smallest absolute Gasteiger partial charge is 0.376 e. The lowest BCUT2D eigenvalue weighted by Gasteiger charge is -2.34. The maximum absolute atomic E-state index is 12.9. The van der Waals surface area contributed by atoms with Gasteiger partial charge < -0.3 is 9.83 Å². The van der Waals surface area contributed by atoms with Gasteiger partial charge in [0.2, 0.25) is 0 Å². The highest BCUT2D eigenvalue weighted by Gasteiger charge is 2.27. The minimum Gasteiger partial charge on any atom is -0.437 e. The lowest BCUT2D eigenvalue weighted by atomic mass is 9.79. The van der Waals surface area contributed by atoms with Crippen LogP contribution >= 0.6 is 0 Å². The van der Waals surface area contributed by atoms with Crippen LogP contribution in [0.15, 0.2) is 53.4 Å². The van der Waals surface area contributed by atoms with Gasteiger partial charge in [-0.25, -0.2) is 8.42 Å². The van der Waals surface area contributed by atoms with Crippen molar-refractivity contribution >= 4 is 28.4 Å². The molecular weight excluding hydrogens is 441 g/mol. The highest BCUT2D eigenvalue weighted by Crippen LogP contribution is 2.30. The minimum atomic E-state index is -3.93. The molecule has 0 saturated heterocycles. The Labute approximate surface area is 196 Å². The van der Waals surface area contributed by atoms with Crippen LogP contribution < -0.4 is 4.72 Å². The van der Waals surface area contributed by atoms with E-state index in [1.54, 1.807) is 19.0 Å². The first-order valence-corrected chi connectivity index (χ1v) is 12.9. The van der Waals surface area contributed by atoms with E-state index in [1.807, 2.05) is 16.9 Å². The molecule has 1 aliphatic carbocycles. The lowest BCUT2D eigenvalue weighted by molar-refractivity contribution is -0.384. The van der Waals surface area contributed by atoms with Crippen molar-refractivity contribution in [2.45, 2.75) is 69.8 Å². The Morgan fingerprint density at radius 2 is 1.79 bits per heavy atom. The average molecular weight is 473 g/mol. The molecule has 0 heterocycles. The lowest BCUT2D eigenvalue weighted by Crippen LogP contribution is -2.44. The summed E-state index contributed by atoms with van der Waals surface area (Å²) >= 11 is 0. The number of rotatable bonds is 10. The molecule has 3 rings (SSSR count). The topological polar surface area (TPSA) is 113 Å². The first-order chi connectivity index (χ1) is 15.7. The number of nitrogens with one attached hydrogen (secondary N) is 1. The predicted molar refractivity (Wildman–Crippen MR) is 130 cm³/mol. The minimum absolute atomic E-state index is 0.0547. The van der Waals surface area contributed by atoms with Gasteiger partial charge >= 0.3 is 7.05 Å². The fourth-order valence-electron chi connectivity index (χ4n) is 4.60. The monoisotopic (exact) mass is 473 g/mol. The molecule has 1 fully saturated rings. The first kappa shape index (κ1) is 25.2. The van der Waals surface area contributed by atoms with E-state index >= 15 is 0 Å². The van der Waals surface area contributed by atoms with E-state index in [1.165, 1.54) is 56.4 Å². The van der Waals surface area contributed by atoms with Crippen LogP contribution in [-0.4, -0.2) is 36.3 Å². The summed E-state index contributed by atoms with van der Waals surface area (Å²) in [7, 11) is -4.61. The highest BCUT2D eigenvalue weighted by molar-refractivity contribution is 7.92. The van der Waals surface area contributed by atoms with Crippen molar-refractivity contribution in [2.24, 2.45) is 5.92 Å². The van der Waals surface area contributed by atoms with E-state index in [-0.39, 0.29) is 16.6 Å². The Hall–Kier alpha value is -2.43. The van der Waals surface area contributed by atoms with Crippen LogP contribution in [0.4, 0.5) is 11.4 Å². The van der Waals surface area contributed by atoms with Crippen molar-refractivity contribution in [2.75, 3.05) is 4.72 Å². The van der Waals surface area contributed by atoms with Crippen LogP contribution in [0.1, 0.15) is 51.0 Å². The van der Waals surface area contributed by atoms with Gasteiger partial charge in [-0.1, -0.05) is 57.2 Å². The third-order valence-corrected chi connectivity index (χ3v) is 7.80. The summed E-state index contributed by atoms with van der Waals surface area (Å²) in [6.45, 7) is 4.25. The molecule has 1 saturated carbocycles. The van der Waals surface area contributed by atoms with E-state index in [0.717, 1.165) is 12.0 Å². The molecule has 0 aliphatic heterocycles. The van der Waals surface area contributed by atoms with Crippen LogP contribution in [0.3, 0.4) is 0 Å². The van der Waals surface area contributed by atoms with Crippen molar-refractivity contribution in [3.8, 4) is 0 Å². The number of sulfonamides is 1. The van der Waals surface area contributed by atoms with E-state index in [4.69, 9.17) is 0 Å². The van der Waals surface area contributed by atoms with Crippen LogP contribution in [0.25, 0.3) is 0 Å². The zero-order valence-corrected chi connectivity index (χ0v) is 20.0. The zero-order valence-electron chi connectivity index (χ0n) is 19.2. The molecule has 0 radical (unpaired) electrons. The average Bonchev–Trinajstić information content (AvgIpc) is 2.78. The van der Waals surface area contributed by atoms with Crippen molar-refractivity contribution < 1.29 is 18.4 Å². The molecule has 1 atom stereocenters. The fraction of sp³-hybridized carbons (Fsp3) is 0.478. The van der Waals surface area contributed by atoms with Crippen molar-refractivity contribution in [1.82, 2.24) is 4.81 Å². The Balaban J connectivity index is 1.77. The van der Waals surface area contributed by atoms with Gasteiger partial charge in [0.15, 0.2) is 0 Å². The van der Waals surface area contributed by atoms with Gasteiger partial charge in [0.1, 0.15) is 0 Å². The van der Waals surface area contributed by atoms with Crippen LogP contribution in [0.5, 0.6) is 0 Å². The Morgan fingerprint density at radius 3 is 2.39 bits per heavy atom. The summed E-state index contributed by atoms with van der Waals surface area (Å²) in [4.78, 5) is 12.2. The molecule has 178 valence electrons. The molecule has 2 N–H and O–H groups in total. The summed E-state index contributed by atoms with van der Waals surface area (Å²) in [6, 6.07) is 12.0. The maximum Gasteiger partial charge on any atom is 0.376 e. The number of anilines is 1. The zero-order chi connectivity index (χ0) is 24.0. The summed E-state index contributed by atoms with van der Waals surface area (Å²) in [6.07, 6.45) is 7.28. The molecule has 8 nitrogen and oxygen atoms in total. The Kier molecular flexibility index (Phi) is 8.50. The maximum atomic E-state index is 12.9. The molecule has 2 aromatic carbocycles. The van der Waals surface area contributed by atoms with Crippen LogP contribution in [0.2, 0.25) is 6.82 Å². The van der Waals surface area contributed by atoms with Crippen molar-refractivity contribution in [1.29, 1.82) is 0 Å². The van der Waals surface area contributed by atoms with Gasteiger partial charge in [0, 0.05) is 18.7 Å². The Bertz CT molecular complexity index is 1040. The fourth-order valence-corrected chi connectivity index (χ4v) is 5.70. The number of nitro benzene ring substituents is 1. The molecule has 10 heteroatoms. The second-order valence-corrected chi connectivity index (χ2v) is 10.6. The standard InChI is InChI=1S/C23H32BN3O5S/c1-18(16-19-8-4-3-5-9-19)26(24(2)28)17-20-10-6-7-11-23(20)25-33(31,32)22-14-12-21(13-15-22)27(29)30/h6-7,10-15,18-19,25,28H,3-5,8-9,16-17H2,1-2H3/t18-/m0/s1. The van der Waals surface area contributed by atoms with Gasteiger partial charge in [-0.3, -0.25) is 14.8 Å². The highest BCUT2D eigenvalue weighted by atomic mass is 32.2. The molecular formula is C23H32BN3O5S. The van der Waals surface area contributed by atoms with Gasteiger partial charge in [-0.15, -0.1) is 0 Å². The molecule has 0 aromatic heterocycles. The largest absolute Gasteiger partial charge is 0.437 e. The number of benzene rings is 2. The number of non-ortho nitro benzene ring substituents is 1. The van der Waals surface area contributed by atoms with E-state index in [2.05, 4.69) is 11.6 Å². The summed E-state index contributed by atoms with van der Waals surface area (Å²) in [5.41, 5.74) is 1.000. The Morgan fingerprint density at radius 1 is 1.15 bits per heavy atom. The van der Waals surface area contributed by atoms with E-state index in [0.29, 0.717) is 18.2 Å². The molecule has 0 unspecified atom stereocenters. The molecule has 2 aromatic rings. The van der Waals surface area contributed by atoms with Gasteiger partial charge in [-0.2, -0.15) is 0 Å². The molecule has 1 aliphatic rings. The summed E-state index contributed by atoms with van der Waals surface area (Å²) < 4.78 is 28.4.